The zero-order valence-electron chi connectivity index (χ0n) is 18.1. The number of para-hydroxylation sites is 1. The number of amides is 3. The van der Waals surface area contributed by atoms with Gasteiger partial charge in [0.05, 0.1) is 36.2 Å². The van der Waals surface area contributed by atoms with Crippen LogP contribution < -0.4 is 19.7 Å². The molecule has 9 heteroatoms. The summed E-state index contributed by atoms with van der Waals surface area (Å²) in [6.45, 7) is 2.03. The van der Waals surface area contributed by atoms with Crippen molar-refractivity contribution in [2.24, 2.45) is 0 Å². The molecule has 2 aliphatic heterocycles. The van der Waals surface area contributed by atoms with Gasteiger partial charge >= 0.3 is 0 Å². The van der Waals surface area contributed by atoms with Gasteiger partial charge < -0.3 is 19.7 Å². The molecule has 8 nitrogen and oxygen atoms in total. The van der Waals surface area contributed by atoms with Crippen LogP contribution >= 0.6 is 11.6 Å². The Labute approximate surface area is 191 Å². The first-order valence-corrected chi connectivity index (χ1v) is 10.6. The highest BCUT2D eigenvalue weighted by molar-refractivity contribution is 6.32. The molecule has 2 aliphatic rings. The molecule has 0 radical (unpaired) electrons. The molecule has 1 unspecified atom stereocenters. The third kappa shape index (κ3) is 3.54. The predicted molar refractivity (Wildman–Crippen MR) is 120 cm³/mol. The number of hydrogen-bond acceptors (Lipinski definition) is 5. The maximum Gasteiger partial charge on any atom is 0.257 e. The monoisotopic (exact) mass is 457 g/mol. The second kappa shape index (κ2) is 8.35. The van der Waals surface area contributed by atoms with Crippen LogP contribution in [0.4, 0.5) is 11.4 Å². The van der Waals surface area contributed by atoms with Crippen molar-refractivity contribution in [1.82, 2.24) is 4.90 Å². The molecule has 168 valence electrons. The number of benzene rings is 2. The van der Waals surface area contributed by atoms with E-state index in [1.165, 1.54) is 14.2 Å². The van der Waals surface area contributed by atoms with E-state index in [1.807, 2.05) is 13.0 Å². The molecule has 1 saturated heterocycles. The van der Waals surface area contributed by atoms with Gasteiger partial charge in [-0.15, -0.1) is 0 Å². The molecule has 0 bridgehead atoms. The highest BCUT2D eigenvalue weighted by atomic mass is 35.5. The van der Waals surface area contributed by atoms with Gasteiger partial charge in [-0.05, 0) is 25.5 Å². The maximum absolute atomic E-state index is 13.3. The van der Waals surface area contributed by atoms with Gasteiger partial charge in [0, 0.05) is 31.5 Å². The lowest BCUT2D eigenvalue weighted by molar-refractivity contribution is -0.117. The highest BCUT2D eigenvalue weighted by Crippen LogP contribution is 2.44. The summed E-state index contributed by atoms with van der Waals surface area (Å²) in [5, 5.41) is 3.16. The molecule has 1 atom stereocenters. The molecule has 3 amide bonds. The third-order valence-electron chi connectivity index (χ3n) is 6.06. The van der Waals surface area contributed by atoms with Crippen LogP contribution in [0.2, 0.25) is 5.02 Å². The van der Waals surface area contributed by atoms with E-state index in [-0.39, 0.29) is 30.7 Å². The van der Waals surface area contributed by atoms with Crippen LogP contribution in [-0.4, -0.2) is 49.0 Å². The molecular weight excluding hydrogens is 434 g/mol. The van der Waals surface area contributed by atoms with Gasteiger partial charge in [-0.3, -0.25) is 19.3 Å². The van der Waals surface area contributed by atoms with E-state index in [2.05, 4.69) is 5.32 Å². The van der Waals surface area contributed by atoms with Crippen LogP contribution in [0.3, 0.4) is 0 Å². The van der Waals surface area contributed by atoms with Crippen molar-refractivity contribution in [1.29, 1.82) is 0 Å². The Kier molecular flexibility index (Phi) is 5.73. The van der Waals surface area contributed by atoms with Gasteiger partial charge in [0.2, 0.25) is 11.8 Å². The normalized spacial score (nSPS) is 19.5. The Hall–Kier alpha value is -3.26. The smallest absolute Gasteiger partial charge is 0.257 e. The van der Waals surface area contributed by atoms with Crippen LogP contribution in [0.15, 0.2) is 36.4 Å². The summed E-state index contributed by atoms with van der Waals surface area (Å²) in [6, 6.07) is 10.2. The molecule has 0 aromatic heterocycles. The average molecular weight is 458 g/mol. The van der Waals surface area contributed by atoms with E-state index in [9.17, 15) is 14.4 Å². The standard InChI is InChI=1S/C23H24ClN3O5/c1-23-10-8-21(29)27(23)17-7-5-4-6-14(17)22(30)26(23)11-9-20(28)25-16-13-18(31-2)15(24)12-19(16)32-3/h4-7,12-13H,8-11H2,1-3H3,(H,25,28). The van der Waals surface area contributed by atoms with Crippen molar-refractivity contribution >= 4 is 40.7 Å². The molecule has 0 spiro atoms. The van der Waals surface area contributed by atoms with Crippen molar-refractivity contribution in [2.75, 3.05) is 31.0 Å². The molecule has 2 aromatic carbocycles. The van der Waals surface area contributed by atoms with E-state index in [0.29, 0.717) is 46.3 Å². The molecular formula is C23H24ClN3O5. The molecule has 1 fully saturated rings. The van der Waals surface area contributed by atoms with Crippen LogP contribution in [0, 0.1) is 0 Å². The first-order valence-electron chi connectivity index (χ1n) is 10.3. The minimum Gasteiger partial charge on any atom is -0.495 e. The van der Waals surface area contributed by atoms with E-state index in [1.54, 1.807) is 40.1 Å². The van der Waals surface area contributed by atoms with E-state index >= 15 is 0 Å². The molecule has 0 aliphatic carbocycles. The van der Waals surface area contributed by atoms with Crippen LogP contribution in [-0.2, 0) is 9.59 Å². The van der Waals surface area contributed by atoms with Crippen molar-refractivity contribution < 1.29 is 23.9 Å². The number of methoxy groups -OCH3 is 2. The number of anilines is 2. The average Bonchev–Trinajstić information content (AvgIpc) is 3.09. The third-order valence-corrected chi connectivity index (χ3v) is 6.35. The van der Waals surface area contributed by atoms with Crippen molar-refractivity contribution in [2.45, 2.75) is 31.8 Å². The van der Waals surface area contributed by atoms with Gasteiger partial charge in [-0.25, -0.2) is 0 Å². The Morgan fingerprint density at radius 2 is 1.88 bits per heavy atom. The van der Waals surface area contributed by atoms with E-state index in [4.69, 9.17) is 21.1 Å². The Bertz CT molecular complexity index is 1110. The van der Waals surface area contributed by atoms with Gasteiger partial charge in [-0.1, -0.05) is 23.7 Å². The summed E-state index contributed by atoms with van der Waals surface area (Å²) in [5.41, 5.74) is 0.702. The van der Waals surface area contributed by atoms with Crippen LogP contribution in [0.25, 0.3) is 0 Å². The molecule has 0 saturated carbocycles. The summed E-state index contributed by atoms with van der Waals surface area (Å²) in [5.74, 6) is 0.274. The second-order valence-electron chi connectivity index (χ2n) is 7.91. The fraction of sp³-hybridized carbons (Fsp3) is 0.348. The largest absolute Gasteiger partial charge is 0.495 e. The number of rotatable bonds is 6. The molecule has 1 N–H and O–H groups in total. The second-order valence-corrected chi connectivity index (χ2v) is 8.31. The van der Waals surface area contributed by atoms with Crippen molar-refractivity contribution in [3.05, 3.63) is 47.0 Å². The van der Waals surface area contributed by atoms with Crippen LogP contribution in [0.5, 0.6) is 11.5 Å². The molecule has 2 aromatic rings. The number of carbonyl (C=O) groups excluding carboxylic acids is 3. The summed E-state index contributed by atoms with van der Waals surface area (Å²) >= 11 is 6.12. The van der Waals surface area contributed by atoms with E-state index < -0.39 is 5.66 Å². The Morgan fingerprint density at radius 1 is 1.16 bits per heavy atom. The lowest BCUT2D eigenvalue weighted by Gasteiger charge is -2.48. The van der Waals surface area contributed by atoms with Gasteiger partial charge in [-0.2, -0.15) is 0 Å². The summed E-state index contributed by atoms with van der Waals surface area (Å²) < 4.78 is 10.5. The number of carbonyl (C=O) groups is 3. The Balaban J connectivity index is 1.54. The predicted octanol–water partition coefficient (Wildman–Crippen LogP) is 3.68. The minimum atomic E-state index is -0.802. The number of hydrogen-bond donors (Lipinski definition) is 1. The SMILES string of the molecule is COc1cc(NC(=O)CCN2C(=O)c3ccccc3N3C(=O)CCC23C)c(OC)cc1Cl. The fourth-order valence-electron chi connectivity index (χ4n) is 4.43. The van der Waals surface area contributed by atoms with Crippen LogP contribution in [0.1, 0.15) is 36.5 Å². The first-order chi connectivity index (χ1) is 15.3. The first kappa shape index (κ1) is 22.0. The lowest BCUT2D eigenvalue weighted by Crippen LogP contribution is -2.62. The topological polar surface area (TPSA) is 88.2 Å². The zero-order valence-corrected chi connectivity index (χ0v) is 18.9. The Morgan fingerprint density at radius 3 is 2.59 bits per heavy atom. The number of nitrogens with one attached hydrogen (secondary N) is 1. The summed E-state index contributed by atoms with van der Waals surface area (Å²) in [7, 11) is 2.96. The van der Waals surface area contributed by atoms with Crippen molar-refractivity contribution in [3.8, 4) is 11.5 Å². The maximum atomic E-state index is 13.3. The lowest BCUT2D eigenvalue weighted by atomic mass is 9.98. The van der Waals surface area contributed by atoms with Gasteiger partial charge in [0.15, 0.2) is 0 Å². The summed E-state index contributed by atoms with van der Waals surface area (Å²) in [6.07, 6.45) is 0.901. The number of fused-ring (bicyclic) bond motifs is 3. The van der Waals surface area contributed by atoms with E-state index in [0.717, 1.165) is 0 Å². The minimum absolute atomic E-state index is 0.0279. The van der Waals surface area contributed by atoms with Gasteiger partial charge in [0.1, 0.15) is 17.2 Å². The quantitative estimate of drug-likeness (QED) is 0.714. The molecule has 32 heavy (non-hydrogen) atoms. The number of halogens is 1. The van der Waals surface area contributed by atoms with Gasteiger partial charge in [0.25, 0.3) is 5.91 Å². The van der Waals surface area contributed by atoms with Crippen molar-refractivity contribution in [3.63, 3.8) is 0 Å². The highest BCUT2D eigenvalue weighted by Gasteiger charge is 2.52. The molecule has 4 rings (SSSR count). The number of ether oxygens (including phenoxy) is 2. The zero-order chi connectivity index (χ0) is 23.0. The fourth-order valence-corrected chi connectivity index (χ4v) is 4.66. The summed E-state index contributed by atoms with van der Waals surface area (Å²) in [4.78, 5) is 42.0. The molecule has 2 heterocycles. The number of nitrogens with zero attached hydrogens (tertiary/aromatic N) is 2.